The molecular formula is C72H61ClN2Ni. The van der Waals surface area contributed by atoms with Crippen molar-refractivity contribution in [2.45, 2.75) is 37.5 Å². The van der Waals surface area contributed by atoms with Gasteiger partial charge in [0.25, 0.3) is 0 Å². The van der Waals surface area contributed by atoms with Crippen LogP contribution in [-0.4, -0.2) is 9.13 Å². The van der Waals surface area contributed by atoms with Crippen molar-refractivity contribution in [3.63, 3.8) is 0 Å². The number of imidazole rings is 1. The average Bonchev–Trinajstić information content (AvgIpc) is 3.90. The second-order valence-corrected chi connectivity index (χ2v) is 20.4. The zero-order valence-corrected chi connectivity index (χ0v) is 44.7. The summed E-state index contributed by atoms with van der Waals surface area (Å²) in [7, 11) is 7.60. The van der Waals surface area contributed by atoms with Crippen LogP contribution >= 0.6 is 10.2 Å². The van der Waals surface area contributed by atoms with Crippen LogP contribution in [0.4, 0.5) is 0 Å². The Labute approximate surface area is 459 Å². The van der Waals surface area contributed by atoms with E-state index in [2.05, 4.69) is 316 Å². The fourth-order valence-electron chi connectivity index (χ4n) is 11.2. The van der Waals surface area contributed by atoms with Crippen LogP contribution in [0.15, 0.2) is 292 Å². The van der Waals surface area contributed by atoms with Gasteiger partial charge in [0.1, 0.15) is 0 Å². The minimum atomic E-state index is -0.110. The number of aryl methyl sites for hydroxylation is 2. The summed E-state index contributed by atoms with van der Waals surface area (Å²) in [5.41, 5.74) is 19.1. The van der Waals surface area contributed by atoms with E-state index in [-0.39, 0.29) is 23.7 Å². The Morgan fingerprint density at radius 3 is 0.671 bits per heavy atom. The van der Waals surface area contributed by atoms with Crippen molar-refractivity contribution in [2.24, 2.45) is 0 Å². The Morgan fingerprint density at radius 2 is 0.513 bits per heavy atom. The topological polar surface area (TPSA) is 9.86 Å². The standard InChI is InChI=1S/C69H56N2.C3H5.ClH.Ni/c1-50-45-60(64(52-27-11-3-12-28-52)53-29-13-4-14-30-53)68(61(46-50)65(54-31-15-5-16-32-54)55-33-17-6-18-34-55)70-43-44-71(49-70)69-62(66(56-35-19-7-20-36-56)57-37-21-8-22-38-57)47-51(2)48-63(69)67(58-39-23-9-24-40-58)59-41-25-10-26-42-59;1-3-2;;/h3-48,64-67H,1-2H3;3H,1-2H2;1H;/q;;;+1/p-1. The minimum absolute atomic E-state index is 0.110. The molecule has 0 saturated carbocycles. The van der Waals surface area contributed by atoms with Crippen LogP contribution in [0.25, 0.3) is 11.4 Å². The van der Waals surface area contributed by atoms with Gasteiger partial charge in [0.2, 0.25) is 0 Å². The molecule has 10 aromatic carbocycles. The number of hydrogen-bond acceptors (Lipinski definition) is 0. The first kappa shape index (κ1) is 51.4. The van der Waals surface area contributed by atoms with Gasteiger partial charge in [0, 0.05) is 0 Å². The van der Waals surface area contributed by atoms with Crippen molar-refractivity contribution in [1.82, 2.24) is 9.13 Å². The van der Waals surface area contributed by atoms with Crippen LogP contribution in [0, 0.1) is 25.2 Å². The number of allylic oxidation sites excluding steroid dienone is 1. The second kappa shape index (κ2) is 24.5. The molecule has 0 unspecified atom stereocenters. The first-order chi connectivity index (χ1) is 37.5. The molecule has 0 N–H and O–H groups in total. The van der Waals surface area contributed by atoms with Crippen LogP contribution in [0.5, 0.6) is 0 Å². The van der Waals surface area contributed by atoms with Gasteiger partial charge < -0.3 is 0 Å². The first-order valence-corrected chi connectivity index (χ1v) is 27.7. The summed E-state index contributed by atoms with van der Waals surface area (Å²) in [4.78, 5) is 0. The van der Waals surface area contributed by atoms with Gasteiger partial charge in [-0.15, -0.1) is 6.58 Å². The molecular weight excluding hydrogens is 987 g/mol. The van der Waals surface area contributed by atoms with Gasteiger partial charge in [-0.2, -0.15) is 0 Å². The molecule has 11 aromatic rings. The monoisotopic (exact) mass is 1050 g/mol. The molecule has 0 spiro atoms. The van der Waals surface area contributed by atoms with Crippen molar-refractivity contribution in [2.75, 3.05) is 0 Å². The Hall–Kier alpha value is -8.07. The van der Waals surface area contributed by atoms with E-state index in [1.54, 1.807) is 0 Å². The largest absolute Gasteiger partial charge is 0.103 e. The van der Waals surface area contributed by atoms with E-state index in [0.717, 1.165) is 28.9 Å². The number of nitrogens with zero attached hydrogens (tertiary/aromatic N) is 2. The summed E-state index contributed by atoms with van der Waals surface area (Å²) < 4.78 is 5.71. The quantitative estimate of drug-likeness (QED) is 0.0759. The third-order valence-electron chi connectivity index (χ3n) is 14.2. The average molecular weight is 1050 g/mol. The van der Waals surface area contributed by atoms with Crippen molar-refractivity contribution in [3.05, 3.63) is 381 Å². The van der Waals surface area contributed by atoms with Crippen molar-refractivity contribution >= 4 is 10.2 Å². The Bertz CT molecular complexity index is 3080. The maximum absolute atomic E-state index is 7.60. The molecule has 0 aliphatic heterocycles. The molecule has 0 fully saturated rings. The minimum Gasteiger partial charge on any atom is -0.103 e. The molecule has 0 aliphatic carbocycles. The summed E-state index contributed by atoms with van der Waals surface area (Å²) in [6.45, 7) is 11.0. The summed E-state index contributed by atoms with van der Waals surface area (Å²) >= 11 is 1.01. The number of hydrogen-bond donors (Lipinski definition) is 0. The summed E-state index contributed by atoms with van der Waals surface area (Å²) in [6.07, 6.45) is 6.03. The van der Waals surface area contributed by atoms with Crippen LogP contribution in [0.2, 0.25) is 0 Å². The van der Waals surface area contributed by atoms with Crippen molar-refractivity contribution in [3.8, 4) is 11.4 Å². The number of aromatic nitrogens is 2. The molecule has 2 nitrogen and oxygen atoms in total. The predicted octanol–water partition coefficient (Wildman–Crippen LogP) is 18.4. The first-order valence-electron chi connectivity index (χ1n) is 25.9. The maximum Gasteiger partial charge on any atom is -0.0319 e. The normalized spacial score (nSPS) is 11.3. The Morgan fingerprint density at radius 1 is 0.342 bits per heavy atom. The van der Waals surface area contributed by atoms with Crippen LogP contribution in [0.3, 0.4) is 0 Å². The maximum atomic E-state index is 7.60. The Kier molecular flexibility index (Phi) is 16.6. The van der Waals surface area contributed by atoms with E-state index < -0.39 is 0 Å². The van der Waals surface area contributed by atoms with E-state index >= 15 is 0 Å². The second-order valence-electron chi connectivity index (χ2n) is 19.2. The fourth-order valence-corrected chi connectivity index (χ4v) is 12.2. The molecule has 1 aromatic heterocycles. The Balaban J connectivity index is 0.00000214. The van der Waals surface area contributed by atoms with Gasteiger partial charge in [-0.25, -0.2) is 0 Å². The molecule has 76 heavy (non-hydrogen) atoms. The smallest absolute Gasteiger partial charge is 0.0319 e. The van der Waals surface area contributed by atoms with Crippen molar-refractivity contribution in [1.29, 1.82) is 0 Å². The number of benzene rings is 10. The van der Waals surface area contributed by atoms with E-state index in [1.807, 2.05) is 0 Å². The molecule has 0 aliphatic rings. The van der Waals surface area contributed by atoms with Crippen molar-refractivity contribution < 1.29 is 13.1 Å². The predicted molar refractivity (Wildman–Crippen MR) is 315 cm³/mol. The molecule has 11 rings (SSSR count). The van der Waals surface area contributed by atoms with Crippen LogP contribution in [0.1, 0.15) is 102 Å². The molecule has 1 heterocycles. The van der Waals surface area contributed by atoms with Gasteiger partial charge in [0.05, 0.1) is 0 Å². The zero-order valence-electron chi connectivity index (χ0n) is 42.9. The third-order valence-corrected chi connectivity index (χ3v) is 15.3. The van der Waals surface area contributed by atoms with E-state index in [9.17, 15) is 0 Å². The van der Waals surface area contributed by atoms with E-state index in [4.69, 9.17) is 10.2 Å². The van der Waals surface area contributed by atoms with Gasteiger partial charge in [-0.3, -0.25) is 0 Å². The van der Waals surface area contributed by atoms with E-state index in [1.165, 1.54) is 84.0 Å². The summed E-state index contributed by atoms with van der Waals surface area (Å²) in [5.74, 6) is -0.439. The number of halogens is 1. The molecule has 1 radical (unpaired) electrons. The molecule has 0 amide bonds. The van der Waals surface area contributed by atoms with Crippen LogP contribution < -0.4 is 0 Å². The summed E-state index contributed by atoms with van der Waals surface area (Å²) in [6, 6.07) is 97.5. The molecule has 376 valence electrons. The third kappa shape index (κ3) is 11.0. The van der Waals surface area contributed by atoms with Gasteiger partial charge in [-0.05, 0) is 6.92 Å². The SMILES string of the molecule is Cc1cc(C(c2ccccc2)c2ccccc2)c(-n2ccn(-c3c(C(c4ccccc4)c4ccccc4)cc(C)cc3C(c3ccccc3)c3ccccc3)[c]2=[Ni][Cl])c(C(c2ccccc2)c2ccccc2)c1.[CH2]C=C. The van der Waals surface area contributed by atoms with Crippen LogP contribution in [-0.2, 0) is 13.1 Å². The number of rotatable bonds is 14. The molecule has 4 heteroatoms. The van der Waals surface area contributed by atoms with E-state index in [0.29, 0.717) is 0 Å². The van der Waals surface area contributed by atoms with Gasteiger partial charge in [0.15, 0.2) is 0 Å². The summed E-state index contributed by atoms with van der Waals surface area (Å²) in [5, 5.41) is 0. The fraction of sp³-hybridized carbons (Fsp3) is 0.0833. The molecule has 0 saturated heterocycles. The van der Waals surface area contributed by atoms with Gasteiger partial charge >= 0.3 is 443 Å². The zero-order chi connectivity index (χ0) is 52.2. The molecule has 0 atom stereocenters. The van der Waals surface area contributed by atoms with Gasteiger partial charge in [-0.1, -0.05) is 6.08 Å². The molecule has 0 bridgehead atoms.